The zero-order chi connectivity index (χ0) is 24.5. The molecule has 9 nitrogen and oxygen atoms in total. The van der Waals surface area contributed by atoms with Crippen molar-refractivity contribution in [3.8, 4) is 5.75 Å². The van der Waals surface area contributed by atoms with E-state index in [4.69, 9.17) is 16.3 Å². The Morgan fingerprint density at radius 1 is 1.00 bits per heavy atom. The topological polar surface area (TPSA) is 114 Å². The molecule has 0 radical (unpaired) electrons. The van der Waals surface area contributed by atoms with Crippen molar-refractivity contribution in [2.45, 2.75) is 0 Å². The Morgan fingerprint density at radius 2 is 1.71 bits per heavy atom. The highest BCUT2D eigenvalue weighted by atomic mass is 35.5. The van der Waals surface area contributed by atoms with Gasteiger partial charge in [0.25, 0.3) is 11.8 Å². The first-order chi connectivity index (χ1) is 16.2. The fourth-order valence-electron chi connectivity index (χ4n) is 3.40. The average Bonchev–Trinajstić information content (AvgIpc) is 3.13. The summed E-state index contributed by atoms with van der Waals surface area (Å²) < 4.78 is 18.1. The number of nitrogens with zero attached hydrogens (tertiary/aromatic N) is 3. The first kappa shape index (κ1) is 23.5. The maximum absolute atomic E-state index is 12.7. The zero-order valence-corrected chi connectivity index (χ0v) is 20.2. The van der Waals surface area contributed by atoms with E-state index in [1.165, 1.54) is 25.5 Å². The number of ether oxygens (including phenoxy) is 1. The lowest BCUT2D eigenvalue weighted by Gasteiger charge is -2.18. The molecule has 0 atom stereocenters. The number of hydrogen-bond donors (Lipinski definition) is 2. The molecule has 34 heavy (non-hydrogen) atoms. The summed E-state index contributed by atoms with van der Waals surface area (Å²) in [7, 11) is -1.06. The largest absolute Gasteiger partial charge is 0.495 e. The van der Waals surface area contributed by atoms with Gasteiger partial charge in [0.2, 0.25) is 5.95 Å². The van der Waals surface area contributed by atoms with E-state index in [0.717, 1.165) is 4.90 Å². The van der Waals surface area contributed by atoms with Gasteiger partial charge in [-0.15, -0.1) is 0 Å². The summed E-state index contributed by atoms with van der Waals surface area (Å²) >= 11 is 6.32. The molecule has 0 spiro atoms. The Balaban J connectivity index is 1.66. The van der Waals surface area contributed by atoms with Gasteiger partial charge in [0.15, 0.2) is 5.82 Å². The normalized spacial score (nSPS) is 13.4. The minimum atomic E-state index is -2.56. The molecule has 0 saturated heterocycles. The Hall–Kier alpha value is -3.68. The Bertz CT molecular complexity index is 1350. The zero-order valence-electron chi connectivity index (χ0n) is 18.6. The van der Waals surface area contributed by atoms with E-state index in [1.807, 2.05) is 12.1 Å². The van der Waals surface area contributed by atoms with E-state index >= 15 is 0 Å². The number of amides is 2. The van der Waals surface area contributed by atoms with Gasteiger partial charge < -0.3 is 19.9 Å². The second-order valence-electron chi connectivity index (χ2n) is 7.74. The Kier molecular flexibility index (Phi) is 6.41. The summed E-state index contributed by atoms with van der Waals surface area (Å²) in [5.41, 5.74) is 1.43. The van der Waals surface area contributed by atoms with Crippen LogP contribution < -0.4 is 25.6 Å². The summed E-state index contributed by atoms with van der Waals surface area (Å²) in [6.07, 6.45) is 3.85. The molecule has 0 bridgehead atoms. The fourth-order valence-corrected chi connectivity index (χ4v) is 4.69. The lowest BCUT2D eigenvalue weighted by molar-refractivity contribution is -0.119. The molecule has 2 N–H and O–H groups in total. The third kappa shape index (κ3) is 4.81. The molecule has 11 heteroatoms. The number of carbonyl (C=O) groups excluding carboxylic acids is 2. The Labute approximate surface area is 201 Å². The van der Waals surface area contributed by atoms with E-state index in [9.17, 15) is 14.2 Å². The van der Waals surface area contributed by atoms with E-state index in [-0.39, 0.29) is 11.0 Å². The molecule has 0 unspecified atom stereocenters. The van der Waals surface area contributed by atoms with Crippen LogP contribution in [0.25, 0.3) is 0 Å². The van der Waals surface area contributed by atoms with Gasteiger partial charge in [-0.25, -0.2) is 9.88 Å². The number of methoxy groups -OCH3 is 1. The summed E-state index contributed by atoms with van der Waals surface area (Å²) in [5, 5.41) is 7.12. The number of carbonyl (C=O) groups is 2. The molecule has 1 aliphatic heterocycles. The third-order valence-corrected chi connectivity index (χ3v) is 6.81. The molecule has 0 fully saturated rings. The molecule has 2 heterocycles. The van der Waals surface area contributed by atoms with Crippen molar-refractivity contribution in [1.82, 2.24) is 9.97 Å². The molecule has 4 rings (SSSR count). The molecular formula is C23H21ClN5O4P. The van der Waals surface area contributed by atoms with Crippen LogP contribution in [-0.4, -0.2) is 42.2 Å². The van der Waals surface area contributed by atoms with Crippen molar-refractivity contribution in [1.29, 1.82) is 0 Å². The number of benzene rings is 2. The van der Waals surface area contributed by atoms with Gasteiger partial charge in [-0.05, 0) is 43.7 Å². The molecule has 0 saturated carbocycles. The molecule has 174 valence electrons. The van der Waals surface area contributed by atoms with E-state index in [0.29, 0.717) is 33.9 Å². The van der Waals surface area contributed by atoms with Crippen molar-refractivity contribution in [3.05, 3.63) is 65.8 Å². The lowest BCUT2D eigenvalue weighted by Crippen LogP contribution is -2.29. The number of aromatic nitrogens is 2. The molecule has 0 aliphatic carbocycles. The summed E-state index contributed by atoms with van der Waals surface area (Å²) in [5.74, 6) is 0.0842. The summed E-state index contributed by atoms with van der Waals surface area (Å²) in [4.78, 5) is 33.8. The van der Waals surface area contributed by atoms with Gasteiger partial charge in [0, 0.05) is 17.5 Å². The van der Waals surface area contributed by atoms with Crippen molar-refractivity contribution in [2.24, 2.45) is 0 Å². The van der Waals surface area contributed by atoms with Crippen LogP contribution in [0.4, 0.5) is 28.8 Å². The van der Waals surface area contributed by atoms with Crippen LogP contribution in [0.2, 0.25) is 5.02 Å². The number of imide groups is 1. The monoisotopic (exact) mass is 497 g/mol. The van der Waals surface area contributed by atoms with Crippen molar-refractivity contribution >= 4 is 64.7 Å². The van der Waals surface area contributed by atoms with Crippen molar-refractivity contribution in [2.75, 3.05) is 36.0 Å². The number of hydrogen-bond acceptors (Lipinski definition) is 8. The second kappa shape index (κ2) is 9.29. The fraction of sp³-hybridized carbons (Fsp3) is 0.130. The number of anilines is 5. The standard InChI is InChI=1S/C23H21ClN5O4P/c1-33-18-9-8-14(29-20(30)10-11-21(29)31)12-17(18)27-23-25-13-15(24)22(28-23)26-16-6-4-5-7-19(16)34(2,3)32/h4-13H,1-3H3,(H2,25,26,27,28). The van der Waals surface area contributed by atoms with Crippen LogP contribution in [0.15, 0.2) is 60.8 Å². The highest BCUT2D eigenvalue weighted by Gasteiger charge is 2.26. The molecule has 1 aliphatic rings. The van der Waals surface area contributed by atoms with Gasteiger partial charge in [-0.1, -0.05) is 23.7 Å². The van der Waals surface area contributed by atoms with E-state index in [2.05, 4.69) is 20.6 Å². The van der Waals surface area contributed by atoms with Crippen LogP contribution in [0.5, 0.6) is 5.75 Å². The lowest BCUT2D eigenvalue weighted by atomic mass is 10.2. The predicted octanol–water partition coefficient (Wildman–Crippen LogP) is 4.30. The maximum atomic E-state index is 12.7. The minimum Gasteiger partial charge on any atom is -0.495 e. The van der Waals surface area contributed by atoms with Crippen LogP contribution >= 0.6 is 18.7 Å². The van der Waals surface area contributed by atoms with Gasteiger partial charge in [0.05, 0.1) is 30.4 Å². The van der Waals surface area contributed by atoms with Gasteiger partial charge in [-0.2, -0.15) is 4.98 Å². The molecule has 2 aromatic carbocycles. The predicted molar refractivity (Wildman–Crippen MR) is 134 cm³/mol. The number of nitrogens with one attached hydrogen (secondary N) is 2. The first-order valence-electron chi connectivity index (χ1n) is 10.1. The second-order valence-corrected chi connectivity index (χ2v) is 11.3. The van der Waals surface area contributed by atoms with Crippen LogP contribution in [0.3, 0.4) is 0 Å². The smallest absolute Gasteiger partial charge is 0.258 e. The summed E-state index contributed by atoms with van der Waals surface area (Å²) in [6.45, 7) is 3.37. The Morgan fingerprint density at radius 3 is 2.38 bits per heavy atom. The molecule has 3 aromatic rings. The van der Waals surface area contributed by atoms with Crippen molar-refractivity contribution < 1.29 is 18.9 Å². The first-order valence-corrected chi connectivity index (χ1v) is 13.1. The van der Waals surface area contributed by atoms with Crippen LogP contribution in [-0.2, 0) is 14.2 Å². The number of halogens is 1. The van der Waals surface area contributed by atoms with Crippen LogP contribution in [0, 0.1) is 0 Å². The van der Waals surface area contributed by atoms with Crippen LogP contribution in [0.1, 0.15) is 0 Å². The SMILES string of the molecule is COc1ccc(N2C(=O)C=CC2=O)cc1Nc1ncc(Cl)c(Nc2ccccc2P(C)(C)=O)n1. The van der Waals surface area contributed by atoms with E-state index in [1.54, 1.807) is 43.7 Å². The average molecular weight is 498 g/mol. The van der Waals surface area contributed by atoms with Gasteiger partial charge in [0.1, 0.15) is 17.9 Å². The molecular weight excluding hydrogens is 477 g/mol. The highest BCUT2D eigenvalue weighted by molar-refractivity contribution is 7.70. The number of rotatable bonds is 7. The number of para-hydroxylation sites is 1. The maximum Gasteiger partial charge on any atom is 0.258 e. The van der Waals surface area contributed by atoms with Crippen molar-refractivity contribution in [3.63, 3.8) is 0 Å². The van der Waals surface area contributed by atoms with Gasteiger partial charge >= 0.3 is 0 Å². The third-order valence-electron chi connectivity index (χ3n) is 4.98. The summed E-state index contributed by atoms with van der Waals surface area (Å²) in [6, 6.07) is 12.1. The quantitative estimate of drug-likeness (QED) is 0.367. The highest BCUT2D eigenvalue weighted by Crippen LogP contribution is 2.39. The van der Waals surface area contributed by atoms with Gasteiger partial charge in [-0.3, -0.25) is 9.59 Å². The molecule has 2 amide bonds. The molecule has 1 aromatic heterocycles. The minimum absolute atomic E-state index is 0.188. The van der Waals surface area contributed by atoms with E-state index < -0.39 is 19.0 Å².